The molecule has 1 aromatic heterocycles. The molecule has 0 fully saturated rings. The van der Waals surface area contributed by atoms with Gasteiger partial charge in [0.15, 0.2) is 0 Å². The fourth-order valence-corrected chi connectivity index (χ4v) is 3.35. The second kappa shape index (κ2) is 7.10. The monoisotopic (exact) mass is 354 g/mol. The van der Waals surface area contributed by atoms with Gasteiger partial charge in [-0.15, -0.1) is 5.10 Å². The van der Waals surface area contributed by atoms with Gasteiger partial charge in [-0.05, 0) is 22.4 Å². The molecule has 0 aliphatic rings. The van der Waals surface area contributed by atoms with E-state index in [1.165, 1.54) is 18.3 Å². The number of nitrogens with two attached hydrogens (primary N) is 1. The van der Waals surface area contributed by atoms with E-state index in [9.17, 15) is 8.42 Å². The van der Waals surface area contributed by atoms with Crippen molar-refractivity contribution in [3.63, 3.8) is 0 Å². The number of nitrogen functional groups attached to an aromatic ring is 1. The summed E-state index contributed by atoms with van der Waals surface area (Å²) >= 11 is 0. The quantitative estimate of drug-likeness (QED) is 0.426. The first kappa shape index (κ1) is 16.6. The maximum atomic E-state index is 12.6. The molecule has 0 saturated carbocycles. The lowest BCUT2D eigenvalue weighted by Gasteiger charge is -2.10. The van der Waals surface area contributed by atoms with Gasteiger partial charge in [-0.1, -0.05) is 59.7 Å². The summed E-state index contributed by atoms with van der Waals surface area (Å²) in [4.78, 5) is -0.124. The molecule has 0 bridgehead atoms. The maximum Gasteiger partial charge on any atom is 0.343 e. The van der Waals surface area contributed by atoms with Crippen LogP contribution in [-0.4, -0.2) is 23.8 Å². The molecule has 0 amide bonds. The lowest BCUT2D eigenvalue weighted by Crippen LogP contribution is -2.14. The van der Waals surface area contributed by atoms with E-state index in [-0.39, 0.29) is 16.5 Å². The van der Waals surface area contributed by atoms with E-state index in [0.29, 0.717) is 5.56 Å². The van der Waals surface area contributed by atoms with E-state index in [1.807, 2.05) is 30.3 Å². The minimum atomic E-state index is -4.19. The predicted molar refractivity (Wildman–Crippen MR) is 93.9 cm³/mol. The van der Waals surface area contributed by atoms with Crippen molar-refractivity contribution in [1.29, 1.82) is 0 Å². The highest BCUT2D eigenvalue weighted by Crippen LogP contribution is 2.27. The van der Waals surface area contributed by atoms with Gasteiger partial charge < -0.3 is 9.92 Å². The molecule has 1 heterocycles. The molecule has 2 N–H and O–H groups in total. The van der Waals surface area contributed by atoms with E-state index >= 15 is 0 Å². The number of aromatic nitrogens is 3. The summed E-state index contributed by atoms with van der Waals surface area (Å²) in [5, 5.41) is 10.3. The largest absolute Gasteiger partial charge is 0.398 e. The van der Waals surface area contributed by atoms with E-state index in [4.69, 9.17) is 9.92 Å². The Morgan fingerprint density at radius 1 is 0.960 bits per heavy atom. The molecule has 0 unspecified atom stereocenters. The molecular weight excluding hydrogens is 340 g/mol. The zero-order chi connectivity index (χ0) is 17.7. The van der Waals surface area contributed by atoms with Gasteiger partial charge in [0.05, 0.1) is 11.9 Å². The number of nitrogens with zero attached hydrogens (tertiary/aromatic N) is 3. The van der Waals surface area contributed by atoms with Crippen LogP contribution in [0.1, 0.15) is 11.1 Å². The Hall–Kier alpha value is -3.26. The molecule has 3 rings (SSSR count). The van der Waals surface area contributed by atoms with E-state index < -0.39 is 10.1 Å². The zero-order valence-electron chi connectivity index (χ0n) is 13.0. The zero-order valence-corrected chi connectivity index (χ0v) is 13.8. The van der Waals surface area contributed by atoms with E-state index in [0.717, 1.165) is 5.56 Å². The number of hydrogen-bond donors (Lipinski definition) is 1. The third-order valence-electron chi connectivity index (χ3n) is 3.25. The predicted octanol–water partition coefficient (Wildman–Crippen LogP) is 2.39. The molecular formula is C17H14N4O3S. The van der Waals surface area contributed by atoms with Gasteiger partial charge in [0.25, 0.3) is 5.88 Å². The van der Waals surface area contributed by atoms with Gasteiger partial charge in [-0.2, -0.15) is 8.42 Å². The number of hydrogen-bond acceptors (Lipinski definition) is 7. The Labute approximate surface area is 144 Å². The lowest BCUT2D eigenvalue weighted by molar-refractivity contribution is 0.469. The van der Waals surface area contributed by atoms with Crippen LogP contribution in [0.2, 0.25) is 0 Å². The number of rotatable bonds is 5. The Morgan fingerprint density at radius 3 is 2.48 bits per heavy atom. The van der Waals surface area contributed by atoms with Crippen molar-refractivity contribution in [1.82, 2.24) is 15.4 Å². The molecule has 3 aromatic rings. The van der Waals surface area contributed by atoms with Crippen LogP contribution < -0.4 is 9.92 Å². The summed E-state index contributed by atoms with van der Waals surface area (Å²) in [6, 6.07) is 15.6. The first-order chi connectivity index (χ1) is 12.1. The molecule has 25 heavy (non-hydrogen) atoms. The van der Waals surface area contributed by atoms with Crippen LogP contribution >= 0.6 is 0 Å². The molecule has 0 spiro atoms. The Morgan fingerprint density at radius 2 is 1.76 bits per heavy atom. The highest BCUT2D eigenvalue weighted by Gasteiger charge is 2.23. The van der Waals surface area contributed by atoms with Crippen molar-refractivity contribution in [2.24, 2.45) is 0 Å². The van der Waals surface area contributed by atoms with Crippen LogP contribution in [-0.2, 0) is 10.1 Å². The Balaban J connectivity index is 1.99. The summed E-state index contributed by atoms with van der Waals surface area (Å²) in [6.45, 7) is 0. The van der Waals surface area contributed by atoms with E-state index in [1.54, 1.807) is 24.3 Å². The van der Waals surface area contributed by atoms with Gasteiger partial charge >= 0.3 is 10.1 Å². The van der Waals surface area contributed by atoms with Crippen molar-refractivity contribution in [2.45, 2.75) is 4.90 Å². The maximum absolute atomic E-state index is 12.6. The number of anilines is 1. The SMILES string of the molecule is Nc1cccc(C=Cc2ccccc2)c1S(=O)(=O)Oc1ccnnn1. The molecule has 0 atom stereocenters. The molecule has 8 heteroatoms. The van der Waals surface area contributed by atoms with Gasteiger partial charge in [-0.3, -0.25) is 0 Å². The highest BCUT2D eigenvalue weighted by molar-refractivity contribution is 7.87. The average Bonchev–Trinajstić information content (AvgIpc) is 2.61. The fourth-order valence-electron chi connectivity index (χ4n) is 2.17. The van der Waals surface area contributed by atoms with Crippen molar-refractivity contribution < 1.29 is 12.6 Å². The smallest absolute Gasteiger partial charge is 0.343 e. The summed E-state index contributed by atoms with van der Waals surface area (Å²) in [6.07, 6.45) is 4.74. The first-order valence-corrected chi connectivity index (χ1v) is 8.67. The van der Waals surface area contributed by atoms with Crippen molar-refractivity contribution in [3.8, 4) is 5.88 Å². The van der Waals surface area contributed by atoms with Crippen LogP contribution in [0.4, 0.5) is 5.69 Å². The Kier molecular flexibility index (Phi) is 4.71. The summed E-state index contributed by atoms with van der Waals surface area (Å²) < 4.78 is 30.3. The van der Waals surface area contributed by atoms with Crippen molar-refractivity contribution >= 4 is 28.0 Å². The third kappa shape index (κ3) is 3.99. The minimum absolute atomic E-state index is 0.0808. The number of benzene rings is 2. The second-order valence-electron chi connectivity index (χ2n) is 5.01. The topological polar surface area (TPSA) is 108 Å². The molecule has 0 radical (unpaired) electrons. The molecule has 126 valence electrons. The van der Waals surface area contributed by atoms with Gasteiger partial charge in [-0.25, -0.2) is 0 Å². The Bertz CT molecular complexity index is 991. The molecule has 7 nitrogen and oxygen atoms in total. The van der Waals surface area contributed by atoms with Gasteiger partial charge in [0.2, 0.25) is 0 Å². The van der Waals surface area contributed by atoms with E-state index in [2.05, 4.69) is 15.4 Å². The second-order valence-corrected chi connectivity index (χ2v) is 6.49. The molecule has 0 aliphatic heterocycles. The van der Waals surface area contributed by atoms with Crippen LogP contribution in [0.3, 0.4) is 0 Å². The highest BCUT2D eigenvalue weighted by atomic mass is 32.2. The summed E-state index contributed by atoms with van der Waals surface area (Å²) in [5.74, 6) is -0.184. The first-order valence-electron chi connectivity index (χ1n) is 7.27. The van der Waals surface area contributed by atoms with Crippen LogP contribution in [0, 0.1) is 0 Å². The van der Waals surface area contributed by atoms with Crippen molar-refractivity contribution in [3.05, 3.63) is 71.9 Å². The van der Waals surface area contributed by atoms with Crippen LogP contribution in [0.5, 0.6) is 5.88 Å². The summed E-state index contributed by atoms with van der Waals surface area (Å²) in [7, 11) is -4.19. The van der Waals surface area contributed by atoms with Crippen LogP contribution in [0.15, 0.2) is 65.7 Å². The van der Waals surface area contributed by atoms with Crippen LogP contribution in [0.25, 0.3) is 12.2 Å². The molecule has 2 aromatic carbocycles. The van der Waals surface area contributed by atoms with Crippen molar-refractivity contribution in [2.75, 3.05) is 5.73 Å². The van der Waals surface area contributed by atoms with Gasteiger partial charge in [0.1, 0.15) is 4.90 Å². The fraction of sp³-hybridized carbons (Fsp3) is 0. The minimum Gasteiger partial charge on any atom is -0.398 e. The molecule has 0 aliphatic carbocycles. The third-order valence-corrected chi connectivity index (χ3v) is 4.62. The molecule has 0 saturated heterocycles. The normalized spacial score (nSPS) is 11.5. The van der Waals surface area contributed by atoms with Gasteiger partial charge in [0, 0.05) is 6.07 Å². The average molecular weight is 354 g/mol. The standard InChI is InChI=1S/C17H14N4O3S/c18-15-8-4-7-14(10-9-13-5-2-1-3-6-13)17(15)25(22,23)24-16-11-12-19-21-20-16/h1-12H,18H2. The lowest BCUT2D eigenvalue weighted by atomic mass is 10.1. The summed E-state index contributed by atoms with van der Waals surface area (Å²) in [5.41, 5.74) is 7.30.